The van der Waals surface area contributed by atoms with Crippen molar-refractivity contribution in [1.82, 2.24) is 15.6 Å². The molecule has 0 bridgehead atoms. The molecule has 2 aromatic rings. The van der Waals surface area contributed by atoms with E-state index in [0.717, 1.165) is 11.8 Å². The Morgan fingerprint density at radius 3 is 3.00 bits per heavy atom. The quantitative estimate of drug-likeness (QED) is 0.880. The second-order valence-corrected chi connectivity index (χ2v) is 5.23. The van der Waals surface area contributed by atoms with Gasteiger partial charge < -0.3 is 10.6 Å². The predicted molar refractivity (Wildman–Crippen MR) is 79.9 cm³/mol. The van der Waals surface area contributed by atoms with E-state index in [-0.39, 0.29) is 17.9 Å². The Hall–Kier alpha value is -2.43. The lowest BCUT2D eigenvalue weighted by atomic mass is 10.1. The standard InChI is InChI=1S/C16H17N3O2/c20-14-7-6-12(8-10-17-14)19-16(21)13-5-1-3-11-4-2-9-18-15(11)13/h1-5,9,12H,6-8,10H2,(H,17,20)(H,19,21). The molecule has 21 heavy (non-hydrogen) atoms. The molecule has 0 radical (unpaired) electrons. The second kappa shape index (κ2) is 5.91. The molecule has 108 valence electrons. The normalized spacial score (nSPS) is 18.9. The van der Waals surface area contributed by atoms with Crippen molar-refractivity contribution in [2.75, 3.05) is 6.54 Å². The van der Waals surface area contributed by atoms with E-state index >= 15 is 0 Å². The molecule has 5 nitrogen and oxygen atoms in total. The van der Waals surface area contributed by atoms with Crippen molar-refractivity contribution in [2.45, 2.75) is 25.3 Å². The molecule has 1 aliphatic heterocycles. The molecule has 1 aromatic heterocycles. The van der Waals surface area contributed by atoms with Crippen LogP contribution < -0.4 is 10.6 Å². The molecule has 3 rings (SSSR count). The van der Waals surface area contributed by atoms with E-state index in [9.17, 15) is 9.59 Å². The van der Waals surface area contributed by atoms with Crippen LogP contribution in [0.1, 0.15) is 29.6 Å². The number of rotatable bonds is 2. The Morgan fingerprint density at radius 1 is 1.24 bits per heavy atom. The van der Waals surface area contributed by atoms with Gasteiger partial charge in [0.2, 0.25) is 5.91 Å². The van der Waals surface area contributed by atoms with Crippen LogP contribution in [0, 0.1) is 0 Å². The van der Waals surface area contributed by atoms with Gasteiger partial charge in [0.15, 0.2) is 0 Å². The molecule has 5 heteroatoms. The Bertz CT molecular complexity index is 679. The van der Waals surface area contributed by atoms with Crippen LogP contribution in [-0.2, 0) is 4.79 Å². The third kappa shape index (κ3) is 3.02. The Balaban J connectivity index is 1.79. The van der Waals surface area contributed by atoms with Gasteiger partial charge in [-0.1, -0.05) is 18.2 Å². The van der Waals surface area contributed by atoms with Gasteiger partial charge in [-0.25, -0.2) is 0 Å². The van der Waals surface area contributed by atoms with Crippen LogP contribution >= 0.6 is 0 Å². The number of amides is 2. The minimum absolute atomic E-state index is 0.0235. The van der Waals surface area contributed by atoms with E-state index in [1.54, 1.807) is 12.3 Å². The molecular weight excluding hydrogens is 266 g/mol. The van der Waals surface area contributed by atoms with E-state index < -0.39 is 0 Å². The van der Waals surface area contributed by atoms with Crippen molar-refractivity contribution in [3.05, 3.63) is 42.1 Å². The summed E-state index contributed by atoms with van der Waals surface area (Å²) in [5.74, 6) is -0.0720. The molecule has 2 amide bonds. The van der Waals surface area contributed by atoms with Crippen molar-refractivity contribution in [3.8, 4) is 0 Å². The first-order valence-electron chi connectivity index (χ1n) is 7.15. The van der Waals surface area contributed by atoms with Gasteiger partial charge in [0.1, 0.15) is 0 Å². The van der Waals surface area contributed by atoms with Gasteiger partial charge in [-0.3, -0.25) is 14.6 Å². The van der Waals surface area contributed by atoms with Gasteiger partial charge in [0, 0.05) is 30.6 Å². The molecule has 1 unspecified atom stereocenters. The van der Waals surface area contributed by atoms with E-state index in [2.05, 4.69) is 15.6 Å². The maximum atomic E-state index is 12.5. The lowest BCUT2D eigenvalue weighted by Gasteiger charge is -2.16. The highest BCUT2D eigenvalue weighted by atomic mass is 16.2. The summed E-state index contributed by atoms with van der Waals surface area (Å²) < 4.78 is 0. The smallest absolute Gasteiger partial charge is 0.253 e. The summed E-state index contributed by atoms with van der Waals surface area (Å²) in [4.78, 5) is 28.1. The van der Waals surface area contributed by atoms with Crippen LogP contribution in [-0.4, -0.2) is 29.4 Å². The first-order chi connectivity index (χ1) is 10.2. The number of aromatic nitrogens is 1. The number of para-hydroxylation sites is 1. The third-order valence-corrected chi connectivity index (χ3v) is 3.75. The highest BCUT2D eigenvalue weighted by Crippen LogP contribution is 2.16. The maximum absolute atomic E-state index is 12.5. The number of fused-ring (bicyclic) bond motifs is 1. The van der Waals surface area contributed by atoms with Gasteiger partial charge in [-0.05, 0) is 25.0 Å². The monoisotopic (exact) mass is 283 g/mol. The van der Waals surface area contributed by atoms with Crippen LogP contribution in [0.15, 0.2) is 36.5 Å². The number of nitrogens with zero attached hydrogens (tertiary/aromatic N) is 1. The highest BCUT2D eigenvalue weighted by molar-refractivity contribution is 6.05. The molecule has 0 aliphatic carbocycles. The molecular formula is C16H17N3O2. The SMILES string of the molecule is O=C1CCC(NC(=O)c2cccc3cccnc23)CCN1. The molecule has 0 spiro atoms. The topological polar surface area (TPSA) is 71.1 Å². The Kier molecular flexibility index (Phi) is 3.81. The summed E-state index contributed by atoms with van der Waals surface area (Å²) in [7, 11) is 0. The fourth-order valence-corrected chi connectivity index (χ4v) is 2.62. The average molecular weight is 283 g/mol. The predicted octanol–water partition coefficient (Wildman–Crippen LogP) is 1.63. The molecule has 2 heterocycles. The number of benzene rings is 1. The van der Waals surface area contributed by atoms with E-state index in [4.69, 9.17) is 0 Å². The Labute approximate surface area is 122 Å². The van der Waals surface area contributed by atoms with E-state index in [0.29, 0.717) is 30.5 Å². The number of carbonyl (C=O) groups is 2. The van der Waals surface area contributed by atoms with Gasteiger partial charge in [0.25, 0.3) is 5.91 Å². The number of hydrogen-bond donors (Lipinski definition) is 2. The number of carbonyl (C=O) groups excluding carboxylic acids is 2. The van der Waals surface area contributed by atoms with E-state index in [1.165, 1.54) is 0 Å². The average Bonchev–Trinajstić information content (AvgIpc) is 2.71. The number of hydrogen-bond acceptors (Lipinski definition) is 3. The fourth-order valence-electron chi connectivity index (χ4n) is 2.62. The largest absolute Gasteiger partial charge is 0.356 e. The molecule has 1 fully saturated rings. The highest BCUT2D eigenvalue weighted by Gasteiger charge is 2.19. The fraction of sp³-hybridized carbons (Fsp3) is 0.312. The molecule has 0 saturated carbocycles. The zero-order valence-corrected chi connectivity index (χ0v) is 11.6. The second-order valence-electron chi connectivity index (χ2n) is 5.23. The van der Waals surface area contributed by atoms with Crippen LogP contribution in [0.2, 0.25) is 0 Å². The van der Waals surface area contributed by atoms with Crippen molar-refractivity contribution < 1.29 is 9.59 Å². The summed E-state index contributed by atoms with van der Waals surface area (Å²) in [5, 5.41) is 6.78. The van der Waals surface area contributed by atoms with Crippen LogP contribution in [0.3, 0.4) is 0 Å². The zero-order chi connectivity index (χ0) is 14.7. The molecule has 2 N–H and O–H groups in total. The summed E-state index contributed by atoms with van der Waals surface area (Å²) in [6.45, 7) is 0.609. The van der Waals surface area contributed by atoms with Gasteiger partial charge >= 0.3 is 0 Å². The lowest BCUT2D eigenvalue weighted by molar-refractivity contribution is -0.120. The van der Waals surface area contributed by atoms with Gasteiger partial charge in [-0.15, -0.1) is 0 Å². The first kappa shape index (κ1) is 13.5. The summed E-state index contributed by atoms with van der Waals surface area (Å²) in [5.41, 5.74) is 1.29. The van der Waals surface area contributed by atoms with Crippen molar-refractivity contribution in [3.63, 3.8) is 0 Å². The molecule has 1 aromatic carbocycles. The van der Waals surface area contributed by atoms with Crippen molar-refractivity contribution >= 4 is 22.7 Å². The molecule has 1 saturated heterocycles. The van der Waals surface area contributed by atoms with Crippen LogP contribution in [0.4, 0.5) is 0 Å². The van der Waals surface area contributed by atoms with Crippen molar-refractivity contribution in [2.24, 2.45) is 0 Å². The zero-order valence-electron chi connectivity index (χ0n) is 11.6. The first-order valence-corrected chi connectivity index (χ1v) is 7.15. The van der Waals surface area contributed by atoms with E-state index in [1.807, 2.05) is 24.3 Å². The number of nitrogens with one attached hydrogen (secondary N) is 2. The minimum Gasteiger partial charge on any atom is -0.356 e. The van der Waals surface area contributed by atoms with Crippen LogP contribution in [0.25, 0.3) is 10.9 Å². The third-order valence-electron chi connectivity index (χ3n) is 3.75. The summed E-state index contributed by atoms with van der Waals surface area (Å²) in [6.07, 6.45) is 3.58. The molecule has 1 atom stereocenters. The van der Waals surface area contributed by atoms with Crippen LogP contribution in [0.5, 0.6) is 0 Å². The minimum atomic E-state index is -0.126. The Morgan fingerprint density at radius 2 is 2.10 bits per heavy atom. The lowest BCUT2D eigenvalue weighted by Crippen LogP contribution is -2.35. The van der Waals surface area contributed by atoms with Crippen molar-refractivity contribution in [1.29, 1.82) is 0 Å². The summed E-state index contributed by atoms with van der Waals surface area (Å²) in [6, 6.07) is 9.39. The molecule has 1 aliphatic rings. The van der Waals surface area contributed by atoms with Gasteiger partial charge in [-0.2, -0.15) is 0 Å². The summed E-state index contributed by atoms with van der Waals surface area (Å²) >= 11 is 0. The number of pyridine rings is 1. The maximum Gasteiger partial charge on any atom is 0.253 e. The van der Waals surface area contributed by atoms with Gasteiger partial charge in [0.05, 0.1) is 11.1 Å².